The summed E-state index contributed by atoms with van der Waals surface area (Å²) in [4.78, 5) is 14.6. The Hall–Kier alpha value is -1.41. The van der Waals surface area contributed by atoms with Gasteiger partial charge >= 0.3 is 6.09 Å². The van der Waals surface area contributed by atoms with Crippen molar-refractivity contribution in [2.45, 2.75) is 200 Å². The summed E-state index contributed by atoms with van der Waals surface area (Å²) in [5.41, 5.74) is 0. The number of hydrogen-bond acceptors (Lipinski definition) is 6. The van der Waals surface area contributed by atoms with Crippen LogP contribution in [-0.4, -0.2) is 82.9 Å². The molecule has 1 fully saturated rings. The van der Waals surface area contributed by atoms with Gasteiger partial charge in [-0.25, -0.2) is 4.79 Å². The molecule has 0 radical (unpaired) electrons. The van der Waals surface area contributed by atoms with Crippen molar-refractivity contribution < 1.29 is 23.7 Å². The Balaban J connectivity index is 2.12. The molecule has 1 atom stereocenters. The van der Waals surface area contributed by atoms with Crippen molar-refractivity contribution in [1.29, 1.82) is 0 Å². The van der Waals surface area contributed by atoms with Gasteiger partial charge in [0.1, 0.15) is 6.61 Å². The second kappa shape index (κ2) is 41.7. The minimum atomic E-state index is -0.377. The first-order valence-corrected chi connectivity index (χ1v) is 23.0. The van der Waals surface area contributed by atoms with Gasteiger partial charge in [-0.3, -0.25) is 4.90 Å². The average molecular weight is 749 g/mol. The molecule has 1 unspecified atom stereocenters. The second-order valence-electron chi connectivity index (χ2n) is 15.4. The van der Waals surface area contributed by atoms with E-state index in [1.54, 1.807) is 0 Å². The maximum atomic E-state index is 12.4. The van der Waals surface area contributed by atoms with E-state index in [0.717, 1.165) is 52.3 Å². The molecule has 1 aliphatic heterocycles. The van der Waals surface area contributed by atoms with Crippen molar-refractivity contribution >= 4 is 6.09 Å². The lowest BCUT2D eigenvalue weighted by molar-refractivity contribution is -0.0178. The summed E-state index contributed by atoms with van der Waals surface area (Å²) in [7, 11) is 0. The molecule has 0 saturated carbocycles. The van der Waals surface area contributed by atoms with Crippen LogP contribution < -0.4 is 5.32 Å². The summed E-state index contributed by atoms with van der Waals surface area (Å²) in [5.74, 6) is 0. The fourth-order valence-electron chi connectivity index (χ4n) is 6.77. The van der Waals surface area contributed by atoms with E-state index in [2.05, 4.69) is 48.4 Å². The minimum absolute atomic E-state index is 0.154. The molecule has 1 saturated heterocycles. The lowest BCUT2D eigenvalue weighted by atomic mass is 10.1. The number of nitrogens with zero attached hydrogens (tertiary/aromatic N) is 1. The number of allylic oxidation sites excluding steroid dienone is 4. The molecule has 1 rings (SSSR count). The van der Waals surface area contributed by atoms with Gasteiger partial charge in [-0.15, -0.1) is 0 Å². The van der Waals surface area contributed by atoms with Crippen molar-refractivity contribution in [3.63, 3.8) is 0 Å². The Bertz CT molecular complexity index is 801. The van der Waals surface area contributed by atoms with Gasteiger partial charge in [-0.1, -0.05) is 154 Å². The number of ether oxygens (including phenoxy) is 4. The largest absolute Gasteiger partial charge is 0.448 e. The zero-order valence-electron chi connectivity index (χ0n) is 35.2. The maximum absolute atomic E-state index is 12.4. The monoisotopic (exact) mass is 749 g/mol. The Morgan fingerprint density at radius 2 is 1.02 bits per heavy atom. The Labute approximate surface area is 329 Å². The van der Waals surface area contributed by atoms with Gasteiger partial charge < -0.3 is 24.3 Å². The smallest absolute Gasteiger partial charge is 0.407 e. The Morgan fingerprint density at radius 1 is 0.585 bits per heavy atom. The summed E-state index contributed by atoms with van der Waals surface area (Å²) in [6.45, 7) is 11.4. The standard InChI is InChI=1S/C46H88N2O5/c1-3-5-7-9-11-13-15-17-19-21-23-25-27-29-31-33-38-51-44-45(43-47-46(49)53-42-37-48-35-40-50-41-36-48)52-39-34-32-30-28-26-24-22-20-18-16-14-12-10-8-6-4-2/h17-20,45H,3-16,21-44H2,1-2H3,(H,47,49)/b19-17-,20-18-. The first-order valence-electron chi connectivity index (χ1n) is 23.0. The SMILES string of the molecule is CCCCCCCC/C=C\CCCCCCCCOCC(CNC(=O)OCCN1CCOCC1)OCCCCCCCC/C=C\CCCCCCCC. The molecule has 1 heterocycles. The molecule has 7 heteroatoms. The molecule has 0 aliphatic carbocycles. The molecule has 0 bridgehead atoms. The summed E-state index contributed by atoms with van der Waals surface area (Å²) in [5, 5.41) is 2.92. The molecule has 0 aromatic heterocycles. The predicted molar refractivity (Wildman–Crippen MR) is 226 cm³/mol. The number of carbonyl (C=O) groups excluding carboxylic acids is 1. The topological polar surface area (TPSA) is 69.3 Å². The molecule has 1 aliphatic rings. The third-order valence-electron chi connectivity index (χ3n) is 10.3. The van der Waals surface area contributed by atoms with Crippen LogP contribution in [0.1, 0.15) is 194 Å². The second-order valence-corrected chi connectivity index (χ2v) is 15.4. The lowest BCUT2D eigenvalue weighted by Crippen LogP contribution is -2.40. The number of morpholine rings is 1. The third-order valence-corrected chi connectivity index (χ3v) is 10.3. The molecular weight excluding hydrogens is 661 g/mol. The molecule has 1 N–H and O–H groups in total. The summed E-state index contributed by atoms with van der Waals surface area (Å²) >= 11 is 0. The van der Waals surface area contributed by atoms with E-state index in [9.17, 15) is 4.79 Å². The number of rotatable bonds is 40. The van der Waals surface area contributed by atoms with Crippen molar-refractivity contribution in [2.75, 3.05) is 65.8 Å². The first-order chi connectivity index (χ1) is 26.3. The number of amides is 1. The van der Waals surface area contributed by atoms with Gasteiger partial charge in [0.2, 0.25) is 0 Å². The molecule has 312 valence electrons. The van der Waals surface area contributed by atoms with Crippen LogP contribution >= 0.6 is 0 Å². The summed E-state index contributed by atoms with van der Waals surface area (Å²) in [6, 6.07) is 0. The number of alkyl carbamates (subject to hydrolysis) is 1. The Morgan fingerprint density at radius 3 is 1.51 bits per heavy atom. The van der Waals surface area contributed by atoms with E-state index in [0.29, 0.717) is 26.4 Å². The van der Waals surface area contributed by atoms with Crippen LogP contribution in [0.25, 0.3) is 0 Å². The van der Waals surface area contributed by atoms with Gasteiger partial charge in [0.05, 0.1) is 25.9 Å². The highest BCUT2D eigenvalue weighted by atomic mass is 16.6. The van der Waals surface area contributed by atoms with Gasteiger partial charge in [0.25, 0.3) is 0 Å². The minimum Gasteiger partial charge on any atom is -0.448 e. The molecular formula is C46H88N2O5. The number of nitrogens with one attached hydrogen (secondary N) is 1. The number of carbonyl (C=O) groups is 1. The van der Waals surface area contributed by atoms with Gasteiger partial charge in [0, 0.05) is 39.4 Å². The fraction of sp³-hybridized carbons (Fsp3) is 0.891. The molecule has 53 heavy (non-hydrogen) atoms. The van der Waals surface area contributed by atoms with Gasteiger partial charge in [-0.2, -0.15) is 0 Å². The van der Waals surface area contributed by atoms with Crippen molar-refractivity contribution in [1.82, 2.24) is 10.2 Å². The third kappa shape index (κ3) is 37.3. The van der Waals surface area contributed by atoms with Crippen LogP contribution in [0.5, 0.6) is 0 Å². The van der Waals surface area contributed by atoms with E-state index in [-0.39, 0.29) is 12.2 Å². The van der Waals surface area contributed by atoms with Crippen LogP contribution in [0.4, 0.5) is 4.79 Å². The molecule has 0 aromatic rings. The highest BCUT2D eigenvalue weighted by Gasteiger charge is 2.14. The van der Waals surface area contributed by atoms with Crippen molar-refractivity contribution in [3.8, 4) is 0 Å². The molecule has 0 aromatic carbocycles. The van der Waals surface area contributed by atoms with Crippen LogP contribution in [-0.2, 0) is 18.9 Å². The van der Waals surface area contributed by atoms with E-state index in [1.165, 1.54) is 167 Å². The van der Waals surface area contributed by atoms with E-state index in [4.69, 9.17) is 18.9 Å². The first kappa shape index (κ1) is 49.6. The molecule has 0 spiro atoms. The van der Waals surface area contributed by atoms with Crippen molar-refractivity contribution in [2.24, 2.45) is 0 Å². The number of unbranched alkanes of at least 4 members (excludes halogenated alkanes) is 24. The van der Waals surface area contributed by atoms with E-state index < -0.39 is 0 Å². The Kier molecular flexibility index (Phi) is 39.1. The maximum Gasteiger partial charge on any atom is 0.407 e. The van der Waals surface area contributed by atoms with E-state index >= 15 is 0 Å². The summed E-state index contributed by atoms with van der Waals surface area (Å²) in [6.07, 6.45) is 45.5. The normalized spacial score (nSPS) is 14.5. The average Bonchev–Trinajstić information content (AvgIpc) is 3.17. The lowest BCUT2D eigenvalue weighted by Gasteiger charge is -2.26. The molecule has 1 amide bonds. The summed E-state index contributed by atoms with van der Waals surface area (Å²) < 4.78 is 23.1. The quantitative estimate of drug-likeness (QED) is 0.0497. The number of hydrogen-bond donors (Lipinski definition) is 1. The van der Waals surface area contributed by atoms with Gasteiger partial charge in [0.15, 0.2) is 0 Å². The van der Waals surface area contributed by atoms with E-state index in [1.807, 2.05) is 0 Å². The highest BCUT2D eigenvalue weighted by Crippen LogP contribution is 2.12. The van der Waals surface area contributed by atoms with Crippen LogP contribution in [0.3, 0.4) is 0 Å². The van der Waals surface area contributed by atoms with Crippen LogP contribution in [0, 0.1) is 0 Å². The van der Waals surface area contributed by atoms with Crippen LogP contribution in [0.15, 0.2) is 24.3 Å². The highest BCUT2D eigenvalue weighted by molar-refractivity contribution is 5.67. The zero-order valence-corrected chi connectivity index (χ0v) is 35.2. The van der Waals surface area contributed by atoms with Gasteiger partial charge in [-0.05, 0) is 64.2 Å². The zero-order chi connectivity index (χ0) is 38.0. The van der Waals surface area contributed by atoms with Crippen LogP contribution in [0.2, 0.25) is 0 Å². The predicted octanol–water partition coefficient (Wildman–Crippen LogP) is 12.5. The van der Waals surface area contributed by atoms with Crippen molar-refractivity contribution in [3.05, 3.63) is 24.3 Å². The molecule has 7 nitrogen and oxygen atoms in total. The fourth-order valence-corrected chi connectivity index (χ4v) is 6.77.